The average Bonchev–Trinajstić information content (AvgIpc) is 3.03. The molecule has 0 radical (unpaired) electrons. The van der Waals surface area contributed by atoms with E-state index in [0.717, 1.165) is 18.9 Å². The number of ether oxygens (including phenoxy) is 1. The van der Waals surface area contributed by atoms with Gasteiger partial charge in [-0.1, -0.05) is 12.8 Å². The number of morpholine rings is 1. The zero-order valence-corrected chi connectivity index (χ0v) is 9.29. The summed E-state index contributed by atoms with van der Waals surface area (Å²) >= 11 is 0. The molecule has 2 rings (SSSR count). The van der Waals surface area contributed by atoms with Crippen LogP contribution in [0.1, 0.15) is 26.2 Å². The first-order valence-corrected chi connectivity index (χ1v) is 5.88. The van der Waals surface area contributed by atoms with E-state index in [1.54, 1.807) is 0 Å². The van der Waals surface area contributed by atoms with E-state index in [0.29, 0.717) is 13.2 Å². The van der Waals surface area contributed by atoms with Gasteiger partial charge in [0.2, 0.25) is 0 Å². The summed E-state index contributed by atoms with van der Waals surface area (Å²) < 4.78 is 5.39. The topological polar surface area (TPSA) is 50.4 Å². The minimum absolute atomic E-state index is 0.0374. The smallest absolute Gasteiger partial charge is 0.250 e. The molecule has 1 aliphatic carbocycles. The van der Waals surface area contributed by atoms with Crippen molar-refractivity contribution >= 4 is 5.91 Å². The van der Waals surface area contributed by atoms with Crippen molar-refractivity contribution in [2.75, 3.05) is 19.7 Å². The Kier molecular flexibility index (Phi) is 3.59. The van der Waals surface area contributed by atoms with Gasteiger partial charge in [-0.25, -0.2) is 0 Å². The number of hydrogen-bond donors (Lipinski definition) is 2. The van der Waals surface area contributed by atoms with E-state index in [4.69, 9.17) is 4.74 Å². The van der Waals surface area contributed by atoms with Crippen LogP contribution >= 0.6 is 0 Å². The van der Waals surface area contributed by atoms with Crippen LogP contribution < -0.4 is 10.6 Å². The molecular formula is C11H20N2O2. The Morgan fingerprint density at radius 1 is 1.60 bits per heavy atom. The largest absolute Gasteiger partial charge is 0.366 e. The highest BCUT2D eigenvalue weighted by molar-refractivity contribution is 5.81. The number of hydrogen-bond acceptors (Lipinski definition) is 3. The molecule has 15 heavy (non-hydrogen) atoms. The third-order valence-electron chi connectivity index (χ3n) is 2.99. The summed E-state index contributed by atoms with van der Waals surface area (Å²) in [7, 11) is 0. The molecular weight excluding hydrogens is 192 g/mol. The summed E-state index contributed by atoms with van der Waals surface area (Å²) in [6.07, 6.45) is 3.50. The second-order valence-corrected chi connectivity index (χ2v) is 4.65. The van der Waals surface area contributed by atoms with Gasteiger partial charge in [0.15, 0.2) is 0 Å². The van der Waals surface area contributed by atoms with E-state index in [1.165, 1.54) is 12.8 Å². The number of carbonyl (C=O) groups is 1. The second-order valence-electron chi connectivity index (χ2n) is 4.65. The standard InChI is InChI=1S/C11H20N2O2/c1-8(6-9-2-3-9)13-11(14)10-7-12-4-5-15-10/h8-10,12H,2-7H2,1H3,(H,13,14)/t8?,10-/m0/s1. The summed E-state index contributed by atoms with van der Waals surface area (Å²) in [6, 6.07) is 0.288. The lowest BCUT2D eigenvalue weighted by Crippen LogP contribution is -2.49. The van der Waals surface area contributed by atoms with Crippen molar-refractivity contribution in [1.29, 1.82) is 0 Å². The Labute approximate surface area is 90.8 Å². The van der Waals surface area contributed by atoms with Crippen molar-refractivity contribution in [2.45, 2.75) is 38.3 Å². The molecule has 86 valence electrons. The molecule has 0 aromatic rings. The number of amides is 1. The quantitative estimate of drug-likeness (QED) is 0.704. The normalized spacial score (nSPS) is 28.5. The maximum absolute atomic E-state index is 11.7. The maximum Gasteiger partial charge on any atom is 0.250 e. The predicted octanol–water partition coefficient (Wildman–Crippen LogP) is 0.280. The molecule has 1 aliphatic heterocycles. The van der Waals surface area contributed by atoms with E-state index >= 15 is 0 Å². The molecule has 2 atom stereocenters. The molecule has 2 N–H and O–H groups in total. The lowest BCUT2D eigenvalue weighted by atomic mass is 10.1. The fourth-order valence-electron chi connectivity index (χ4n) is 1.98. The van der Waals surface area contributed by atoms with E-state index in [1.807, 2.05) is 0 Å². The Balaban J connectivity index is 1.69. The highest BCUT2D eigenvalue weighted by Crippen LogP contribution is 2.33. The first-order chi connectivity index (χ1) is 7.25. The fraction of sp³-hybridized carbons (Fsp3) is 0.909. The molecule has 1 saturated carbocycles. The highest BCUT2D eigenvalue weighted by atomic mass is 16.5. The molecule has 2 fully saturated rings. The summed E-state index contributed by atoms with van der Waals surface area (Å²) in [5.41, 5.74) is 0. The van der Waals surface area contributed by atoms with Crippen molar-refractivity contribution in [1.82, 2.24) is 10.6 Å². The van der Waals surface area contributed by atoms with Gasteiger partial charge in [-0.3, -0.25) is 4.79 Å². The van der Waals surface area contributed by atoms with Crippen LogP contribution in [0.4, 0.5) is 0 Å². The highest BCUT2D eigenvalue weighted by Gasteiger charge is 2.27. The third-order valence-corrected chi connectivity index (χ3v) is 2.99. The lowest BCUT2D eigenvalue weighted by Gasteiger charge is -2.24. The maximum atomic E-state index is 11.7. The van der Waals surface area contributed by atoms with Crippen molar-refractivity contribution < 1.29 is 9.53 Å². The van der Waals surface area contributed by atoms with Crippen molar-refractivity contribution in [3.63, 3.8) is 0 Å². The van der Waals surface area contributed by atoms with Crippen LogP contribution in [0.2, 0.25) is 0 Å². The monoisotopic (exact) mass is 212 g/mol. The fourth-order valence-corrected chi connectivity index (χ4v) is 1.98. The Morgan fingerprint density at radius 2 is 2.40 bits per heavy atom. The Morgan fingerprint density at radius 3 is 3.00 bits per heavy atom. The Hall–Kier alpha value is -0.610. The van der Waals surface area contributed by atoms with Gasteiger partial charge in [0.1, 0.15) is 6.10 Å². The van der Waals surface area contributed by atoms with Gasteiger partial charge in [-0.15, -0.1) is 0 Å². The second kappa shape index (κ2) is 4.94. The molecule has 0 aromatic heterocycles. The van der Waals surface area contributed by atoms with Crippen LogP contribution in [0.15, 0.2) is 0 Å². The lowest BCUT2D eigenvalue weighted by molar-refractivity contribution is -0.134. The minimum Gasteiger partial charge on any atom is -0.366 e. The molecule has 1 saturated heterocycles. The molecule has 4 nitrogen and oxygen atoms in total. The molecule has 0 spiro atoms. The summed E-state index contributed by atoms with van der Waals surface area (Å²) in [6.45, 7) is 4.20. The van der Waals surface area contributed by atoms with Crippen LogP contribution in [0, 0.1) is 5.92 Å². The van der Waals surface area contributed by atoms with Gasteiger partial charge in [-0.05, 0) is 19.3 Å². The minimum atomic E-state index is -0.291. The first kappa shape index (κ1) is 10.9. The summed E-state index contributed by atoms with van der Waals surface area (Å²) in [5.74, 6) is 0.890. The molecule has 4 heteroatoms. The van der Waals surface area contributed by atoms with E-state index in [-0.39, 0.29) is 18.1 Å². The molecule has 1 amide bonds. The van der Waals surface area contributed by atoms with Crippen molar-refractivity contribution in [2.24, 2.45) is 5.92 Å². The third kappa shape index (κ3) is 3.47. The molecule has 1 unspecified atom stereocenters. The zero-order valence-electron chi connectivity index (χ0n) is 9.29. The number of rotatable bonds is 4. The van der Waals surface area contributed by atoms with Gasteiger partial charge in [0.25, 0.3) is 5.91 Å². The summed E-state index contributed by atoms with van der Waals surface area (Å²) in [5, 5.41) is 6.17. The molecule has 0 aromatic carbocycles. The van der Waals surface area contributed by atoms with Gasteiger partial charge < -0.3 is 15.4 Å². The van der Waals surface area contributed by atoms with Crippen LogP contribution in [-0.4, -0.2) is 37.7 Å². The predicted molar refractivity (Wildman–Crippen MR) is 57.6 cm³/mol. The number of nitrogens with one attached hydrogen (secondary N) is 2. The Bertz CT molecular complexity index is 223. The van der Waals surface area contributed by atoms with Gasteiger partial charge in [0, 0.05) is 19.1 Å². The van der Waals surface area contributed by atoms with Crippen LogP contribution in [-0.2, 0) is 9.53 Å². The molecule has 2 aliphatic rings. The first-order valence-electron chi connectivity index (χ1n) is 5.88. The molecule has 1 heterocycles. The summed E-state index contributed by atoms with van der Waals surface area (Å²) in [4.78, 5) is 11.7. The molecule has 0 bridgehead atoms. The average molecular weight is 212 g/mol. The van der Waals surface area contributed by atoms with Gasteiger partial charge in [0.05, 0.1) is 6.61 Å². The van der Waals surface area contributed by atoms with Gasteiger partial charge >= 0.3 is 0 Å². The van der Waals surface area contributed by atoms with E-state index in [2.05, 4.69) is 17.6 Å². The van der Waals surface area contributed by atoms with Crippen molar-refractivity contribution in [3.05, 3.63) is 0 Å². The van der Waals surface area contributed by atoms with E-state index < -0.39 is 0 Å². The van der Waals surface area contributed by atoms with Gasteiger partial charge in [-0.2, -0.15) is 0 Å². The zero-order chi connectivity index (χ0) is 10.7. The van der Waals surface area contributed by atoms with Crippen molar-refractivity contribution in [3.8, 4) is 0 Å². The SMILES string of the molecule is CC(CC1CC1)NC(=O)[C@@H]1CNCCO1. The van der Waals surface area contributed by atoms with Crippen LogP contribution in [0.25, 0.3) is 0 Å². The number of carbonyl (C=O) groups excluding carboxylic acids is 1. The van der Waals surface area contributed by atoms with E-state index in [9.17, 15) is 4.79 Å². The van der Waals surface area contributed by atoms with Crippen LogP contribution in [0.5, 0.6) is 0 Å². The van der Waals surface area contributed by atoms with Crippen LogP contribution in [0.3, 0.4) is 0 Å².